The van der Waals surface area contributed by atoms with Gasteiger partial charge in [0.15, 0.2) is 23.7 Å². The molecule has 0 aliphatic carbocycles. The van der Waals surface area contributed by atoms with Crippen LogP contribution in [0.25, 0.3) is 89.7 Å². The quantitative estimate of drug-likeness (QED) is 0.00633. The normalized spacial score (nSPS) is 14.0. The number of nitro groups is 1. The number of rotatable bonds is 25. The Bertz CT molecular complexity index is 6450. The van der Waals surface area contributed by atoms with Crippen molar-refractivity contribution < 1.29 is 78.9 Å². The lowest BCUT2D eigenvalue weighted by Crippen LogP contribution is -2.48. The molecule has 138 heavy (non-hydrogen) atoms. The maximum absolute atomic E-state index is 15.6. The van der Waals surface area contributed by atoms with E-state index in [9.17, 15) is 61.1 Å². The van der Waals surface area contributed by atoms with Crippen LogP contribution in [-0.2, 0) is 38.3 Å². The van der Waals surface area contributed by atoms with E-state index in [2.05, 4.69) is 113 Å². The highest BCUT2D eigenvalue weighted by atomic mass is 19.2. The third-order valence-corrected chi connectivity index (χ3v) is 22.2. The summed E-state index contributed by atoms with van der Waals surface area (Å²) in [6, 6.07) is 38.7. The minimum absolute atomic E-state index is 0.0394. The van der Waals surface area contributed by atoms with E-state index >= 15 is 8.78 Å². The van der Waals surface area contributed by atoms with E-state index in [4.69, 9.17) is 10.5 Å². The van der Waals surface area contributed by atoms with Crippen LogP contribution in [0.4, 0.5) is 35.1 Å². The van der Waals surface area contributed by atoms with E-state index in [-0.39, 0.29) is 76.7 Å². The number of H-pyrrole nitrogens is 6. The van der Waals surface area contributed by atoms with Crippen molar-refractivity contribution in [3.8, 4) is 17.2 Å². The Balaban J connectivity index is 0.000000201. The Labute approximate surface area is 801 Å². The third-order valence-electron chi connectivity index (χ3n) is 22.2. The van der Waals surface area contributed by atoms with E-state index in [1.54, 1.807) is 103 Å². The lowest BCUT2D eigenvalue weighted by atomic mass is 9.87. The van der Waals surface area contributed by atoms with Crippen molar-refractivity contribution >= 4 is 108 Å². The van der Waals surface area contributed by atoms with Crippen LogP contribution in [0.2, 0.25) is 0 Å². The molecule has 0 saturated heterocycles. The Morgan fingerprint density at radius 3 is 1.30 bits per heavy atom. The molecule has 0 spiro atoms. The van der Waals surface area contributed by atoms with Crippen molar-refractivity contribution in [3.05, 3.63) is 299 Å². The molecule has 0 bridgehead atoms. The van der Waals surface area contributed by atoms with Crippen LogP contribution in [0.5, 0.6) is 17.2 Å². The molecule has 1 aliphatic heterocycles. The highest BCUT2D eigenvalue weighted by molar-refractivity contribution is 5.98. The summed E-state index contributed by atoms with van der Waals surface area (Å²) in [5, 5.41) is 42.9. The number of aldehydes is 1. The molecule has 4 atom stereocenters. The van der Waals surface area contributed by atoms with Crippen molar-refractivity contribution in [2.75, 3.05) is 40.0 Å². The molecule has 1 aliphatic rings. The van der Waals surface area contributed by atoms with Gasteiger partial charge in [-0.3, -0.25) is 19.8 Å². The fourth-order valence-electron chi connectivity index (χ4n) is 15.1. The van der Waals surface area contributed by atoms with Gasteiger partial charge in [0.25, 0.3) is 0 Å². The van der Waals surface area contributed by atoms with Gasteiger partial charge in [-0.05, 0) is 306 Å². The van der Waals surface area contributed by atoms with Gasteiger partial charge in [-0.25, -0.2) is 44.7 Å². The number of phenols is 2. The first-order chi connectivity index (χ1) is 64.9. The van der Waals surface area contributed by atoms with Crippen molar-refractivity contribution in [2.24, 2.45) is 5.73 Å². The number of alkyl halides is 4. The predicted octanol–water partition coefficient (Wildman–Crippen LogP) is 25.6. The molecule has 7 heterocycles. The van der Waals surface area contributed by atoms with Crippen LogP contribution in [0, 0.1) is 61.1 Å². The van der Waals surface area contributed by atoms with E-state index in [1.165, 1.54) is 84.6 Å². The highest BCUT2D eigenvalue weighted by Crippen LogP contribution is 2.45. The van der Waals surface area contributed by atoms with Crippen LogP contribution in [-0.4, -0.2) is 149 Å². The van der Waals surface area contributed by atoms with E-state index < -0.39 is 69.7 Å². The summed E-state index contributed by atoms with van der Waals surface area (Å²) in [6.07, 6.45) is 21.5. The molecular formula is C109H131F8N11O10. The van der Waals surface area contributed by atoms with Gasteiger partial charge in [-0.2, -0.15) is 0 Å². The van der Waals surface area contributed by atoms with Crippen molar-refractivity contribution in [1.82, 2.24) is 45.4 Å². The standard InChI is InChI=1S/C27H29F3N2O3.C16H23FN2.C15H21FN2O.C12H12F2O3.C12H12N2O2.C12H14N2.C10H9NO.C5H11F/c1-5-35-23(34)9-6-16-11-20(28)24(21(29)12-16)26-25-19(10-15(2)32(26)14-27(3,4)30)18-13-17(33)7-8-22(18)31-25;1-11-5-6-15-14(7-11)13(9-18-15)8-12(2)19-10-16(3,4)17;1-10(18-9-15(2,3)16)6-11-8-17-14-5-4-12(19)7-13(11)14;1-3-17-11(15)5-4-8-6-9(13)12(16-2)10(14)7-8;1-8-3-4-12-11(5-8)10(7-13-12)6-9(2)14(15)16;1-8-3-4-12-11(5-8)10(7-14-12)6-9(2)13;1-7-2-3-10-9(4-7)8(6-12)5-11-10;1-4-5(2,3)6/h6-9,11-13,15,26,31,33H,5,10,14H2,1-4H3;5-7,9,12,18-19H,8,10H2,1-4H3;4-5,7-8,10,17-19H,6,9H2,1-3H3;4-7H,3H2,1-2H3;3-7,13H,1-2H3;3-7,14H,13H2,1-2H3;2-6,11H,1H3;4H2,1-3H3/b9-6+;;;5-4+;2*9-6-;;. The summed E-state index contributed by atoms with van der Waals surface area (Å²) in [7, 11) is 1.18. The number of aromatic hydroxyl groups is 2. The number of ether oxygens (including phenoxy) is 3. The molecule has 738 valence electrons. The number of nitrogens with zero attached hydrogens (tertiary/aromatic N) is 2. The van der Waals surface area contributed by atoms with Gasteiger partial charge >= 0.3 is 11.9 Å². The molecule has 4 unspecified atom stereocenters. The minimum Gasteiger partial charge on any atom is -0.508 e. The molecule has 12 N–H and O–H groups in total. The number of carbonyl (C=O) groups is 3. The lowest BCUT2D eigenvalue weighted by Gasteiger charge is -2.43. The summed E-state index contributed by atoms with van der Waals surface area (Å²) in [5.74, 6) is -4.52. The summed E-state index contributed by atoms with van der Waals surface area (Å²) >= 11 is 0. The number of aryl methyl sites for hydroxylation is 4. The number of fused-ring (bicyclic) bond motifs is 8. The van der Waals surface area contributed by atoms with Crippen molar-refractivity contribution in [3.63, 3.8) is 0 Å². The summed E-state index contributed by atoms with van der Waals surface area (Å²) in [4.78, 5) is 64.2. The average Bonchev–Trinajstić information content (AvgIpc) is 1.57. The zero-order chi connectivity index (χ0) is 102. The number of carbonyl (C=O) groups excluding carboxylic acids is 3. The first-order valence-electron chi connectivity index (χ1n) is 45.7. The number of hydrogen-bond acceptors (Lipinski definition) is 14. The second kappa shape index (κ2) is 49.5. The number of benzene rings is 8. The molecular weight excluding hydrogens is 1780 g/mol. The molecule has 6 aromatic heterocycles. The van der Waals surface area contributed by atoms with Gasteiger partial charge in [0, 0.05) is 193 Å². The number of methoxy groups -OCH3 is 1. The maximum Gasteiger partial charge on any atom is 0.330 e. The molecule has 0 fully saturated rings. The predicted molar refractivity (Wildman–Crippen MR) is 542 cm³/mol. The number of hydrogen-bond donors (Lipinski definition) is 11. The summed E-state index contributed by atoms with van der Waals surface area (Å²) < 4.78 is 125. The van der Waals surface area contributed by atoms with Gasteiger partial charge in [0.05, 0.1) is 31.3 Å². The highest BCUT2D eigenvalue weighted by Gasteiger charge is 2.41. The Morgan fingerprint density at radius 1 is 0.536 bits per heavy atom. The molecule has 0 amide bonds. The van der Waals surface area contributed by atoms with Gasteiger partial charge in [-0.15, -0.1) is 0 Å². The van der Waals surface area contributed by atoms with Gasteiger partial charge in [0.1, 0.15) is 45.8 Å². The number of esters is 2. The zero-order valence-electron chi connectivity index (χ0n) is 82.5. The molecule has 14 aromatic rings. The van der Waals surface area contributed by atoms with Gasteiger partial charge in [0.2, 0.25) is 5.70 Å². The lowest BCUT2D eigenvalue weighted by molar-refractivity contribution is -0.422. The summed E-state index contributed by atoms with van der Waals surface area (Å²) in [6.45, 7) is 36.3. The van der Waals surface area contributed by atoms with Crippen LogP contribution >= 0.6 is 0 Å². The molecule has 21 nitrogen and oxygen atoms in total. The maximum atomic E-state index is 15.6. The molecule has 0 saturated carbocycles. The Hall–Kier alpha value is -13.5. The molecule has 0 radical (unpaired) electrons. The van der Waals surface area contributed by atoms with Crippen LogP contribution in [0.15, 0.2) is 188 Å². The smallest absolute Gasteiger partial charge is 0.330 e. The largest absolute Gasteiger partial charge is 0.508 e. The van der Waals surface area contributed by atoms with Gasteiger partial charge in [-0.1, -0.05) is 53.4 Å². The van der Waals surface area contributed by atoms with Crippen molar-refractivity contribution in [2.45, 2.75) is 211 Å². The minimum atomic E-state index is -1.61. The van der Waals surface area contributed by atoms with Crippen LogP contribution < -0.4 is 21.1 Å². The number of nitrogens with one attached hydrogen (secondary N) is 8. The van der Waals surface area contributed by atoms with Gasteiger partial charge < -0.3 is 70.7 Å². The Kier molecular flexibility index (Phi) is 39.4. The number of aromatic amines is 6. The van der Waals surface area contributed by atoms with E-state index in [0.717, 1.165) is 144 Å². The summed E-state index contributed by atoms with van der Waals surface area (Å²) in [5.41, 5.74) is 19.3. The first-order valence-corrected chi connectivity index (χ1v) is 45.7. The Morgan fingerprint density at radius 2 is 0.906 bits per heavy atom. The monoisotopic (exact) mass is 1910 g/mol. The van der Waals surface area contributed by atoms with Crippen LogP contribution in [0.3, 0.4) is 0 Å². The third kappa shape index (κ3) is 33.2. The SMILES string of the molecule is C/C(=C/c1c[nH]c2ccc(C)cc12)[N+](=O)[O-].C/C(N)=C/c1c[nH]c2ccc(C)cc12.CC(Cc1c[nH]c2ccc(O)cc12)NCC(C)(C)F.CCC(C)(C)F.CCOC(=O)/C=C/c1cc(F)c(C2c3[nH]c4ccc(O)cc4c3CC(C)N2CC(C)(C)F)c(F)c1.CCOC(=O)/C=C/c1cc(F)c(OC)c(F)c1.Cc1ccc2[nH]cc(C=O)c2c1.Cc1ccc2[nH]cc(CC(C)NCC(C)(C)F)c2c1. The van der Waals surface area contributed by atoms with E-state index in [1.807, 2.05) is 102 Å². The number of aromatic nitrogens is 6. The fraction of sp³-hybridized carbons (Fsp3) is 0.349. The van der Waals surface area contributed by atoms with Crippen LogP contribution in [0.1, 0.15) is 206 Å². The van der Waals surface area contributed by atoms with Crippen molar-refractivity contribution in [1.29, 1.82) is 0 Å². The number of allylic oxidation sites excluding steroid dienone is 2. The zero-order valence-corrected chi connectivity index (χ0v) is 82.5. The van der Waals surface area contributed by atoms with E-state index in [0.29, 0.717) is 31.6 Å². The number of phenolic OH excluding ortho intramolecular Hbond substituents is 2. The molecule has 8 aromatic carbocycles. The fourth-order valence-corrected chi connectivity index (χ4v) is 15.1. The number of halogens is 8. The molecule has 29 heteroatoms. The topological polar surface area (TPSA) is 311 Å². The second-order valence-corrected chi connectivity index (χ2v) is 37.0. The average molecular weight is 1910 g/mol. The second-order valence-electron chi connectivity index (χ2n) is 37.0. The first kappa shape index (κ1) is 110. The number of nitrogens with two attached hydrogens (primary N) is 1. The molecule has 15 rings (SSSR count).